The maximum Gasteiger partial charge on any atom is 0.327 e. The normalized spacial score (nSPS) is 12.2. The summed E-state index contributed by atoms with van der Waals surface area (Å²) in [4.78, 5) is 16.0. The van der Waals surface area contributed by atoms with Gasteiger partial charge in [0.2, 0.25) is 5.76 Å². The Morgan fingerprint density at radius 1 is 1.35 bits per heavy atom. The van der Waals surface area contributed by atoms with Gasteiger partial charge in [-0.3, -0.25) is 0 Å². The third-order valence-electron chi connectivity index (χ3n) is 3.70. The summed E-state index contributed by atoms with van der Waals surface area (Å²) in [5.74, 6) is 0.0371. The van der Waals surface area contributed by atoms with Crippen LogP contribution in [0.1, 0.15) is 24.2 Å². The number of aliphatic carboxylic acids is 1. The van der Waals surface area contributed by atoms with E-state index < -0.39 is 12.0 Å². The highest BCUT2D eigenvalue weighted by Crippen LogP contribution is 2.24. The van der Waals surface area contributed by atoms with Gasteiger partial charge in [0, 0.05) is 24.9 Å². The second-order valence-corrected chi connectivity index (χ2v) is 5.24. The Balaban J connectivity index is 1.95. The maximum atomic E-state index is 11.8. The van der Waals surface area contributed by atoms with E-state index in [-0.39, 0.29) is 0 Å². The lowest BCUT2D eigenvalue weighted by Gasteiger charge is -2.16. The largest absolute Gasteiger partial charge is 0.480 e. The van der Waals surface area contributed by atoms with Crippen LogP contribution < -0.4 is 0 Å². The number of aromatic nitrogens is 3. The van der Waals surface area contributed by atoms with Crippen LogP contribution in [-0.2, 0) is 17.6 Å². The third-order valence-corrected chi connectivity index (χ3v) is 3.70. The smallest absolute Gasteiger partial charge is 0.327 e. The maximum absolute atomic E-state index is 11.8. The van der Waals surface area contributed by atoms with Gasteiger partial charge in [-0.2, -0.15) is 0 Å². The molecule has 0 aliphatic rings. The lowest BCUT2D eigenvalue weighted by atomic mass is 10.1. The second kappa shape index (κ2) is 6.48. The Labute approximate surface area is 133 Å². The van der Waals surface area contributed by atoms with Crippen molar-refractivity contribution in [3.63, 3.8) is 0 Å². The van der Waals surface area contributed by atoms with Crippen LogP contribution in [0.4, 0.5) is 0 Å². The monoisotopic (exact) mass is 311 g/mol. The number of rotatable bonds is 6. The zero-order chi connectivity index (χ0) is 16.2. The highest BCUT2D eigenvalue weighted by molar-refractivity contribution is 5.73. The number of carboxylic acid groups (broad SMARTS) is 1. The van der Waals surface area contributed by atoms with Crippen molar-refractivity contribution < 1.29 is 14.4 Å². The van der Waals surface area contributed by atoms with Gasteiger partial charge in [-0.15, -0.1) is 0 Å². The summed E-state index contributed by atoms with van der Waals surface area (Å²) < 4.78 is 6.91. The van der Waals surface area contributed by atoms with Crippen LogP contribution in [0.15, 0.2) is 53.3 Å². The number of nitrogens with zero attached hydrogens (tertiary/aromatic N) is 3. The molecule has 118 valence electrons. The van der Waals surface area contributed by atoms with Gasteiger partial charge < -0.3 is 14.2 Å². The first-order valence-corrected chi connectivity index (χ1v) is 7.44. The van der Waals surface area contributed by atoms with Crippen molar-refractivity contribution in [2.45, 2.75) is 25.8 Å². The van der Waals surface area contributed by atoms with Crippen molar-refractivity contribution in [1.82, 2.24) is 14.7 Å². The molecule has 6 heteroatoms. The summed E-state index contributed by atoms with van der Waals surface area (Å²) >= 11 is 0. The van der Waals surface area contributed by atoms with Crippen molar-refractivity contribution in [3.05, 3.63) is 60.0 Å². The fourth-order valence-electron chi connectivity index (χ4n) is 2.48. The Morgan fingerprint density at radius 3 is 2.78 bits per heavy atom. The summed E-state index contributed by atoms with van der Waals surface area (Å²) in [7, 11) is 0. The Bertz CT molecular complexity index is 792. The van der Waals surface area contributed by atoms with Crippen LogP contribution in [0.5, 0.6) is 0 Å². The molecule has 3 rings (SSSR count). The van der Waals surface area contributed by atoms with Crippen molar-refractivity contribution in [3.8, 4) is 11.6 Å². The summed E-state index contributed by atoms with van der Waals surface area (Å²) in [6.45, 7) is 1.98. The predicted molar refractivity (Wildman–Crippen MR) is 83.9 cm³/mol. The van der Waals surface area contributed by atoms with Crippen molar-refractivity contribution in [2.24, 2.45) is 0 Å². The first-order chi connectivity index (χ1) is 11.2. The topological polar surface area (TPSA) is 81.2 Å². The minimum Gasteiger partial charge on any atom is -0.480 e. The summed E-state index contributed by atoms with van der Waals surface area (Å²) in [5.41, 5.74) is 1.76. The number of benzene rings is 1. The van der Waals surface area contributed by atoms with Gasteiger partial charge in [0.25, 0.3) is 0 Å². The van der Waals surface area contributed by atoms with Crippen LogP contribution in [0, 0.1) is 0 Å². The van der Waals surface area contributed by atoms with Gasteiger partial charge >= 0.3 is 5.97 Å². The van der Waals surface area contributed by atoms with E-state index in [9.17, 15) is 9.90 Å². The lowest BCUT2D eigenvalue weighted by molar-refractivity contribution is -0.140. The van der Waals surface area contributed by atoms with E-state index in [1.165, 1.54) is 0 Å². The molecule has 2 aromatic heterocycles. The van der Waals surface area contributed by atoms with E-state index in [1.54, 1.807) is 23.0 Å². The van der Waals surface area contributed by atoms with E-state index in [1.807, 2.05) is 37.3 Å². The molecule has 2 heterocycles. The molecule has 0 unspecified atom stereocenters. The van der Waals surface area contributed by atoms with E-state index in [0.717, 1.165) is 17.7 Å². The molecule has 3 aromatic rings. The molecule has 1 N–H and O–H groups in total. The molecule has 1 atom stereocenters. The van der Waals surface area contributed by atoms with Crippen LogP contribution in [0.25, 0.3) is 11.6 Å². The van der Waals surface area contributed by atoms with E-state index in [0.29, 0.717) is 18.0 Å². The van der Waals surface area contributed by atoms with Gasteiger partial charge in [0.05, 0.1) is 5.69 Å². The number of imidazole rings is 1. The van der Waals surface area contributed by atoms with Crippen LogP contribution in [-0.4, -0.2) is 25.8 Å². The Hall–Kier alpha value is -2.89. The number of hydrogen-bond acceptors (Lipinski definition) is 4. The van der Waals surface area contributed by atoms with Crippen LogP contribution in [0.3, 0.4) is 0 Å². The molecular formula is C17H17N3O3. The molecule has 0 saturated carbocycles. The molecule has 0 spiro atoms. The highest BCUT2D eigenvalue weighted by atomic mass is 16.5. The summed E-state index contributed by atoms with van der Waals surface area (Å²) in [6, 6.07) is 10.6. The highest BCUT2D eigenvalue weighted by Gasteiger charge is 2.24. The van der Waals surface area contributed by atoms with Crippen LogP contribution >= 0.6 is 0 Å². The number of hydrogen-bond donors (Lipinski definition) is 1. The summed E-state index contributed by atoms with van der Waals surface area (Å²) in [6.07, 6.45) is 4.35. The van der Waals surface area contributed by atoms with Crippen molar-refractivity contribution in [1.29, 1.82) is 0 Å². The minimum absolute atomic E-state index is 0.369. The molecule has 0 aliphatic heterocycles. The fraction of sp³-hybridized carbons (Fsp3) is 0.235. The number of aryl methyl sites for hydroxylation is 1. The van der Waals surface area contributed by atoms with Gasteiger partial charge in [0.15, 0.2) is 5.82 Å². The van der Waals surface area contributed by atoms with Crippen molar-refractivity contribution in [2.75, 3.05) is 0 Å². The molecule has 0 fully saturated rings. The molecular weight excluding hydrogens is 294 g/mol. The lowest BCUT2D eigenvalue weighted by Crippen LogP contribution is -2.21. The van der Waals surface area contributed by atoms with Gasteiger partial charge in [-0.05, 0) is 12.0 Å². The minimum atomic E-state index is -0.914. The average molecular weight is 311 g/mol. The molecule has 0 amide bonds. The van der Waals surface area contributed by atoms with E-state index in [4.69, 9.17) is 4.52 Å². The number of carbonyl (C=O) groups is 1. The van der Waals surface area contributed by atoms with Gasteiger partial charge in [-0.1, -0.05) is 42.4 Å². The Morgan fingerprint density at radius 2 is 2.13 bits per heavy atom. The SMILES string of the molecule is CCc1cc(-c2nccn2[C@H](Cc2ccccc2)C(=O)O)on1. The van der Waals surface area contributed by atoms with Gasteiger partial charge in [0.1, 0.15) is 6.04 Å². The van der Waals surface area contributed by atoms with Gasteiger partial charge in [-0.25, -0.2) is 9.78 Å². The Kier molecular flexibility index (Phi) is 4.23. The molecule has 0 bridgehead atoms. The fourth-order valence-corrected chi connectivity index (χ4v) is 2.48. The molecule has 0 radical (unpaired) electrons. The first-order valence-electron chi connectivity index (χ1n) is 7.44. The summed E-state index contributed by atoms with van der Waals surface area (Å²) in [5, 5.41) is 13.6. The quantitative estimate of drug-likeness (QED) is 0.757. The number of carboxylic acids is 1. The molecule has 23 heavy (non-hydrogen) atoms. The molecule has 1 aromatic carbocycles. The van der Waals surface area contributed by atoms with E-state index in [2.05, 4.69) is 10.1 Å². The predicted octanol–water partition coefficient (Wildman–Crippen LogP) is 2.97. The first kappa shape index (κ1) is 15.0. The molecule has 6 nitrogen and oxygen atoms in total. The zero-order valence-electron chi connectivity index (χ0n) is 12.7. The third kappa shape index (κ3) is 3.15. The standard InChI is InChI=1S/C17H17N3O3/c1-2-13-11-15(23-19-13)16-18-8-9-20(16)14(17(21)22)10-12-6-4-3-5-7-12/h3-9,11,14H,2,10H2,1H3,(H,21,22)/t14-/m1/s1. The average Bonchev–Trinajstić information content (AvgIpc) is 3.21. The molecule has 0 saturated heterocycles. The second-order valence-electron chi connectivity index (χ2n) is 5.24. The zero-order valence-corrected chi connectivity index (χ0v) is 12.7. The van der Waals surface area contributed by atoms with Crippen LogP contribution in [0.2, 0.25) is 0 Å². The molecule has 0 aliphatic carbocycles. The van der Waals surface area contributed by atoms with Crippen molar-refractivity contribution >= 4 is 5.97 Å². The van der Waals surface area contributed by atoms with E-state index >= 15 is 0 Å².